The van der Waals surface area contributed by atoms with E-state index in [1.807, 2.05) is 17.0 Å². The lowest BCUT2D eigenvalue weighted by Gasteiger charge is -2.39. The number of hydrogen-bond acceptors (Lipinski definition) is 9. The molecule has 13 nitrogen and oxygen atoms in total. The molecule has 0 bridgehead atoms. The maximum atomic E-state index is 14.1. The summed E-state index contributed by atoms with van der Waals surface area (Å²) in [6, 6.07) is 15.7. The summed E-state index contributed by atoms with van der Waals surface area (Å²) >= 11 is 0. The summed E-state index contributed by atoms with van der Waals surface area (Å²) < 4.78 is 0. The number of piperidine rings is 1. The van der Waals surface area contributed by atoms with Gasteiger partial charge in [0.1, 0.15) is 6.04 Å². The average Bonchev–Trinajstić information content (AvgIpc) is 3.70. The van der Waals surface area contributed by atoms with Gasteiger partial charge in [0.2, 0.25) is 17.7 Å². The molecule has 4 aliphatic rings. The number of imide groups is 2. The van der Waals surface area contributed by atoms with Crippen molar-refractivity contribution in [2.75, 3.05) is 42.9 Å². The molecule has 5 amide bonds. The van der Waals surface area contributed by atoms with Gasteiger partial charge in [0.15, 0.2) is 5.78 Å². The second-order valence-electron chi connectivity index (χ2n) is 15.2. The van der Waals surface area contributed by atoms with Crippen LogP contribution in [0.25, 0.3) is 10.9 Å². The van der Waals surface area contributed by atoms with Crippen molar-refractivity contribution >= 4 is 57.6 Å². The Morgan fingerprint density at radius 3 is 2.47 bits per heavy atom. The largest absolute Gasteiger partial charge is 0.384 e. The molecule has 4 heterocycles. The third-order valence-electron chi connectivity index (χ3n) is 11.6. The molecule has 3 aromatic carbocycles. The van der Waals surface area contributed by atoms with Crippen LogP contribution in [-0.4, -0.2) is 88.9 Å². The Labute approximate surface area is 317 Å². The van der Waals surface area contributed by atoms with Gasteiger partial charge in [-0.15, -0.1) is 0 Å². The zero-order valence-corrected chi connectivity index (χ0v) is 31.0. The van der Waals surface area contributed by atoms with Crippen molar-refractivity contribution < 1.29 is 28.8 Å². The smallest absolute Gasteiger partial charge is 0.264 e. The van der Waals surface area contributed by atoms with E-state index in [4.69, 9.17) is 0 Å². The highest BCUT2D eigenvalue weighted by atomic mass is 16.2. The number of carbonyl (C=O) groups excluding carboxylic acids is 6. The first-order valence-corrected chi connectivity index (χ1v) is 18.8. The number of amides is 5. The molecule has 0 saturated carbocycles. The zero-order chi connectivity index (χ0) is 38.8. The number of rotatable bonds is 8. The van der Waals surface area contributed by atoms with Crippen molar-refractivity contribution in [2.24, 2.45) is 0 Å². The van der Waals surface area contributed by atoms with Crippen molar-refractivity contribution in [1.29, 1.82) is 5.26 Å². The van der Waals surface area contributed by atoms with Crippen LogP contribution in [-0.2, 0) is 26.2 Å². The first kappa shape index (κ1) is 35.7. The lowest BCUT2D eigenvalue weighted by atomic mass is 9.70. The molecule has 2 saturated heterocycles. The molecular weight excluding hydrogens is 699 g/mol. The summed E-state index contributed by atoms with van der Waals surface area (Å²) in [4.78, 5) is 86.6. The normalized spacial score (nSPS) is 18.9. The van der Waals surface area contributed by atoms with Crippen molar-refractivity contribution in [1.82, 2.24) is 20.1 Å². The minimum absolute atomic E-state index is 0.0163. The molecule has 0 spiro atoms. The Bertz CT molecular complexity index is 2400. The van der Waals surface area contributed by atoms with Crippen molar-refractivity contribution in [3.05, 3.63) is 93.2 Å². The molecule has 55 heavy (non-hydrogen) atoms. The topological polar surface area (TPSA) is 176 Å². The number of aromatic nitrogens is 1. The number of carbonyl (C=O) groups is 6. The highest BCUT2D eigenvalue weighted by molar-refractivity contribution is 6.25. The molecule has 8 rings (SSSR count). The van der Waals surface area contributed by atoms with Crippen LogP contribution in [0.5, 0.6) is 0 Å². The van der Waals surface area contributed by atoms with E-state index in [0.29, 0.717) is 67.9 Å². The highest BCUT2D eigenvalue weighted by Gasteiger charge is 2.46. The van der Waals surface area contributed by atoms with Crippen LogP contribution in [0.3, 0.4) is 0 Å². The SMILES string of the molecule is CCc1cc2c(cc1N1CCN(C(=O)CCCNc3cccc4c3C(=O)N(C3CCC(=O)NC3=O)C4=O)CC1)C(C)(C)c1[nH]c3cc(C#N)ccc3c1C2=O. The number of fused-ring (bicyclic) bond motifs is 5. The van der Waals surface area contributed by atoms with Crippen LogP contribution in [0.2, 0.25) is 0 Å². The van der Waals surface area contributed by atoms with E-state index in [-0.39, 0.29) is 35.7 Å². The molecule has 2 fully saturated rings. The lowest BCUT2D eigenvalue weighted by molar-refractivity contribution is -0.136. The van der Waals surface area contributed by atoms with Crippen LogP contribution >= 0.6 is 0 Å². The third-order valence-corrected chi connectivity index (χ3v) is 11.6. The number of H-pyrrole nitrogens is 1. The quantitative estimate of drug-likeness (QED) is 0.175. The summed E-state index contributed by atoms with van der Waals surface area (Å²) in [5.41, 5.74) is 7.00. The number of benzene rings is 3. The van der Waals surface area contributed by atoms with E-state index in [0.717, 1.165) is 44.7 Å². The van der Waals surface area contributed by atoms with Crippen molar-refractivity contribution in [2.45, 2.75) is 64.3 Å². The number of nitrogens with zero attached hydrogens (tertiary/aromatic N) is 4. The van der Waals surface area contributed by atoms with Gasteiger partial charge >= 0.3 is 0 Å². The number of ketones is 1. The van der Waals surface area contributed by atoms with Gasteiger partial charge in [0.05, 0.1) is 28.3 Å². The second-order valence-corrected chi connectivity index (χ2v) is 15.2. The van der Waals surface area contributed by atoms with E-state index in [1.54, 1.807) is 30.3 Å². The van der Waals surface area contributed by atoms with Gasteiger partial charge in [0.25, 0.3) is 11.8 Å². The molecule has 13 heteroatoms. The van der Waals surface area contributed by atoms with Crippen LogP contribution in [0.15, 0.2) is 48.5 Å². The molecule has 1 aromatic heterocycles. The van der Waals surface area contributed by atoms with Crippen LogP contribution in [0.1, 0.15) is 105 Å². The number of aryl methyl sites for hydroxylation is 1. The molecule has 1 unspecified atom stereocenters. The molecule has 3 aliphatic heterocycles. The first-order chi connectivity index (χ1) is 26.4. The van der Waals surface area contributed by atoms with Gasteiger partial charge in [-0.05, 0) is 66.8 Å². The standard InChI is InChI=1S/C42H41N7O6/c1-4-24-20-27-28(42(2,3)38-36(37(27)52)25-11-10-23(22-43)19-30(25)45-38)21-32(24)47-15-17-48(18-16-47)34(51)9-6-14-44-29-8-5-7-26-35(29)41(55)49(40(26)54)31-12-13-33(50)46-39(31)53/h5,7-8,10-11,19-21,31,44-45H,4,6,9,12-18H2,1-3H3,(H,46,50,53). The molecule has 0 radical (unpaired) electrons. The number of piperazine rings is 1. The van der Waals surface area contributed by atoms with Gasteiger partial charge in [0, 0.05) is 84.5 Å². The molecule has 1 aliphatic carbocycles. The predicted molar refractivity (Wildman–Crippen MR) is 204 cm³/mol. The van der Waals surface area contributed by atoms with E-state index < -0.39 is 35.1 Å². The maximum Gasteiger partial charge on any atom is 0.264 e. The Hall–Kier alpha value is -6.29. The average molecular weight is 740 g/mol. The van der Waals surface area contributed by atoms with E-state index in [1.165, 1.54) is 0 Å². The number of hydrogen-bond donors (Lipinski definition) is 3. The minimum Gasteiger partial charge on any atom is -0.384 e. The molecular formula is C42H41N7O6. The second kappa shape index (κ2) is 13.5. The molecule has 3 N–H and O–H groups in total. The summed E-state index contributed by atoms with van der Waals surface area (Å²) in [5, 5.41) is 15.7. The summed E-state index contributed by atoms with van der Waals surface area (Å²) in [5.74, 6) is -2.21. The van der Waals surface area contributed by atoms with Gasteiger partial charge in [-0.3, -0.25) is 39.0 Å². The summed E-state index contributed by atoms with van der Waals surface area (Å²) in [7, 11) is 0. The first-order valence-electron chi connectivity index (χ1n) is 18.8. The maximum absolute atomic E-state index is 14.1. The van der Waals surface area contributed by atoms with E-state index >= 15 is 0 Å². The summed E-state index contributed by atoms with van der Waals surface area (Å²) in [6.45, 7) is 9.13. The fourth-order valence-electron chi connectivity index (χ4n) is 8.64. The van der Waals surface area contributed by atoms with Gasteiger partial charge < -0.3 is 20.1 Å². The number of anilines is 2. The Kier molecular flexibility index (Phi) is 8.79. The van der Waals surface area contributed by atoms with E-state index in [9.17, 15) is 34.0 Å². The highest BCUT2D eigenvalue weighted by Crippen LogP contribution is 2.46. The van der Waals surface area contributed by atoms with Gasteiger partial charge in [-0.25, -0.2) is 0 Å². The fourth-order valence-corrected chi connectivity index (χ4v) is 8.64. The number of nitriles is 1. The molecule has 280 valence electrons. The van der Waals surface area contributed by atoms with Crippen LogP contribution in [0, 0.1) is 11.3 Å². The zero-order valence-electron chi connectivity index (χ0n) is 31.0. The molecule has 1 atom stereocenters. The van der Waals surface area contributed by atoms with Crippen LogP contribution in [0.4, 0.5) is 11.4 Å². The monoisotopic (exact) mass is 739 g/mol. The Morgan fingerprint density at radius 2 is 1.75 bits per heavy atom. The van der Waals surface area contributed by atoms with Crippen molar-refractivity contribution in [3.8, 4) is 6.07 Å². The van der Waals surface area contributed by atoms with Crippen LogP contribution < -0.4 is 15.5 Å². The molecule has 4 aromatic rings. The Morgan fingerprint density at radius 1 is 0.964 bits per heavy atom. The van der Waals surface area contributed by atoms with Crippen molar-refractivity contribution in [3.63, 3.8) is 0 Å². The fraction of sp³-hybridized carbons (Fsp3) is 0.357. The van der Waals surface area contributed by atoms with E-state index in [2.05, 4.69) is 53.4 Å². The van der Waals surface area contributed by atoms with Gasteiger partial charge in [-0.2, -0.15) is 5.26 Å². The number of nitrogens with one attached hydrogen (secondary N) is 3. The third kappa shape index (κ3) is 5.83. The number of aromatic amines is 1. The predicted octanol–water partition coefficient (Wildman–Crippen LogP) is 4.41. The Balaban J connectivity index is 0.900. The summed E-state index contributed by atoms with van der Waals surface area (Å²) in [6.07, 6.45) is 1.68. The minimum atomic E-state index is -1.04. The lowest BCUT2D eigenvalue weighted by Crippen LogP contribution is -2.54. The van der Waals surface area contributed by atoms with Gasteiger partial charge in [-0.1, -0.05) is 32.9 Å².